The number of carboxylic acid groups (broad SMARTS) is 1. The van der Waals surface area contributed by atoms with Crippen molar-refractivity contribution in [3.8, 4) is 0 Å². The van der Waals surface area contributed by atoms with Gasteiger partial charge in [0.25, 0.3) is 0 Å². The van der Waals surface area contributed by atoms with Crippen LogP contribution in [-0.4, -0.2) is 29.6 Å². The molecule has 5 nitrogen and oxygen atoms in total. The summed E-state index contributed by atoms with van der Waals surface area (Å²) in [5, 5.41) is 12.1. The number of carboxylic acids is 1. The molecule has 1 aromatic rings. The number of allylic oxidation sites excluding steroid dienone is 2. The van der Waals surface area contributed by atoms with E-state index in [2.05, 4.69) is 5.32 Å². The van der Waals surface area contributed by atoms with Gasteiger partial charge >= 0.3 is 5.97 Å². The smallest absolute Gasteiger partial charge is 0.335 e. The van der Waals surface area contributed by atoms with Crippen LogP contribution in [0.4, 0.5) is 11.4 Å². The number of rotatable bonds is 2. The molecule has 19 heavy (non-hydrogen) atoms. The lowest BCUT2D eigenvalue weighted by molar-refractivity contribution is -0.115. The summed E-state index contributed by atoms with van der Waals surface area (Å²) in [5.74, 6) is -0.931. The Balaban J connectivity index is 1.94. The van der Waals surface area contributed by atoms with Crippen LogP contribution in [0.15, 0.2) is 42.5 Å². The fraction of sp³-hybridized carbons (Fsp3) is 0.143. The number of fused-ring (bicyclic) bond motifs is 1. The van der Waals surface area contributed by atoms with Crippen LogP contribution in [0.2, 0.25) is 0 Å². The van der Waals surface area contributed by atoms with E-state index >= 15 is 0 Å². The molecule has 0 aromatic heterocycles. The number of ketones is 1. The van der Waals surface area contributed by atoms with Crippen molar-refractivity contribution in [1.29, 1.82) is 0 Å². The molecule has 0 saturated heterocycles. The van der Waals surface area contributed by atoms with Gasteiger partial charge in [-0.2, -0.15) is 0 Å². The van der Waals surface area contributed by atoms with Crippen LogP contribution in [0, 0.1) is 0 Å². The Labute approximate surface area is 109 Å². The molecule has 1 aromatic carbocycles. The number of aromatic carboxylic acids is 1. The molecular formula is C14H12N2O3. The zero-order valence-electron chi connectivity index (χ0n) is 10.0. The Kier molecular flexibility index (Phi) is 2.59. The first-order valence-corrected chi connectivity index (χ1v) is 5.93. The Morgan fingerprint density at radius 2 is 2.21 bits per heavy atom. The van der Waals surface area contributed by atoms with Gasteiger partial charge < -0.3 is 15.3 Å². The molecule has 1 unspecified atom stereocenters. The second-order valence-corrected chi connectivity index (χ2v) is 4.43. The number of hydrogen-bond acceptors (Lipinski definition) is 4. The Hall–Kier alpha value is -2.56. The number of hydrogen-bond donors (Lipinski definition) is 2. The van der Waals surface area contributed by atoms with Crippen molar-refractivity contribution < 1.29 is 14.7 Å². The SMILES string of the molecule is O=C(O)c1ccc2c(c1)NCN2C1C=CC=CC1=O. The molecule has 3 rings (SSSR count). The fourth-order valence-corrected chi connectivity index (χ4v) is 2.34. The largest absolute Gasteiger partial charge is 0.478 e. The van der Waals surface area contributed by atoms with Gasteiger partial charge in [-0.15, -0.1) is 0 Å². The molecule has 2 N–H and O–H groups in total. The zero-order valence-corrected chi connectivity index (χ0v) is 10.0. The first kappa shape index (κ1) is 11.5. The van der Waals surface area contributed by atoms with E-state index in [0.29, 0.717) is 6.67 Å². The maximum atomic E-state index is 11.9. The van der Waals surface area contributed by atoms with Crippen molar-refractivity contribution in [2.45, 2.75) is 6.04 Å². The van der Waals surface area contributed by atoms with E-state index in [9.17, 15) is 9.59 Å². The van der Waals surface area contributed by atoms with E-state index in [4.69, 9.17) is 5.11 Å². The van der Waals surface area contributed by atoms with Crippen LogP contribution in [-0.2, 0) is 4.79 Å². The minimum absolute atomic E-state index is 0.0273. The molecule has 0 fully saturated rings. The van der Waals surface area contributed by atoms with E-state index in [1.165, 1.54) is 0 Å². The van der Waals surface area contributed by atoms with Crippen molar-refractivity contribution in [2.24, 2.45) is 0 Å². The summed E-state index contributed by atoms with van der Waals surface area (Å²) in [4.78, 5) is 24.7. The second-order valence-electron chi connectivity index (χ2n) is 4.43. The van der Waals surface area contributed by atoms with Crippen LogP contribution >= 0.6 is 0 Å². The molecule has 0 saturated carbocycles. The standard InChI is InChI=1S/C14H12N2O3/c17-13-4-2-1-3-12(13)16-8-15-10-7-9(14(18)19)5-6-11(10)16/h1-7,12,15H,8H2,(H,18,19). The lowest BCUT2D eigenvalue weighted by atomic mass is 10.1. The number of nitrogens with zero attached hydrogens (tertiary/aromatic N) is 1. The van der Waals surface area contributed by atoms with Gasteiger partial charge in [0.05, 0.1) is 23.6 Å². The Morgan fingerprint density at radius 3 is 2.95 bits per heavy atom. The van der Waals surface area contributed by atoms with Gasteiger partial charge in [-0.05, 0) is 24.3 Å². The van der Waals surface area contributed by atoms with Crippen LogP contribution < -0.4 is 10.2 Å². The number of carbonyl (C=O) groups is 2. The van der Waals surface area contributed by atoms with E-state index in [-0.39, 0.29) is 17.4 Å². The molecule has 1 heterocycles. The third kappa shape index (κ3) is 1.89. The maximum absolute atomic E-state index is 11.9. The first-order valence-electron chi connectivity index (χ1n) is 5.93. The lowest BCUT2D eigenvalue weighted by Crippen LogP contribution is -2.39. The molecule has 2 aliphatic rings. The van der Waals surface area contributed by atoms with Gasteiger partial charge in [0.1, 0.15) is 6.04 Å². The van der Waals surface area contributed by atoms with Crippen molar-refractivity contribution >= 4 is 23.1 Å². The zero-order chi connectivity index (χ0) is 13.4. The molecule has 0 bridgehead atoms. The molecule has 0 radical (unpaired) electrons. The average molecular weight is 256 g/mol. The molecule has 96 valence electrons. The summed E-state index contributed by atoms with van der Waals surface area (Å²) in [6.45, 7) is 0.493. The van der Waals surface area contributed by atoms with Gasteiger partial charge in [-0.1, -0.05) is 18.2 Å². The summed E-state index contributed by atoms with van der Waals surface area (Å²) in [6, 6.07) is 4.55. The van der Waals surface area contributed by atoms with Crippen LogP contribution in [0.5, 0.6) is 0 Å². The molecule has 1 aliphatic carbocycles. The van der Waals surface area contributed by atoms with E-state index < -0.39 is 5.97 Å². The number of carbonyl (C=O) groups excluding carboxylic acids is 1. The molecule has 0 spiro atoms. The third-order valence-electron chi connectivity index (χ3n) is 3.29. The fourth-order valence-electron chi connectivity index (χ4n) is 2.34. The van der Waals surface area contributed by atoms with Crippen LogP contribution in [0.1, 0.15) is 10.4 Å². The van der Waals surface area contributed by atoms with E-state index in [0.717, 1.165) is 11.4 Å². The quantitative estimate of drug-likeness (QED) is 0.841. The molecule has 1 atom stereocenters. The second kappa shape index (κ2) is 4.28. The molecule has 1 aliphatic heterocycles. The van der Waals surface area contributed by atoms with Crippen molar-refractivity contribution in [3.05, 3.63) is 48.1 Å². The van der Waals surface area contributed by atoms with Crippen LogP contribution in [0.3, 0.4) is 0 Å². The monoisotopic (exact) mass is 256 g/mol. The average Bonchev–Trinajstić information content (AvgIpc) is 2.82. The van der Waals surface area contributed by atoms with Crippen LogP contribution in [0.25, 0.3) is 0 Å². The highest BCUT2D eigenvalue weighted by Gasteiger charge is 2.29. The highest BCUT2D eigenvalue weighted by Crippen LogP contribution is 2.34. The summed E-state index contributed by atoms with van der Waals surface area (Å²) in [6.07, 6.45) is 6.95. The minimum Gasteiger partial charge on any atom is -0.478 e. The first-order chi connectivity index (χ1) is 9.16. The highest BCUT2D eigenvalue weighted by atomic mass is 16.4. The topological polar surface area (TPSA) is 69.6 Å². The van der Waals surface area contributed by atoms with Gasteiger partial charge in [-0.25, -0.2) is 4.79 Å². The highest BCUT2D eigenvalue weighted by molar-refractivity contribution is 6.01. The van der Waals surface area contributed by atoms with Crippen molar-refractivity contribution in [1.82, 2.24) is 0 Å². The molecule has 5 heteroatoms. The normalized spacial score (nSPS) is 20.3. The Bertz CT molecular complexity index is 619. The third-order valence-corrected chi connectivity index (χ3v) is 3.29. The minimum atomic E-state index is -0.959. The van der Waals surface area contributed by atoms with Gasteiger partial charge in [0, 0.05) is 0 Å². The van der Waals surface area contributed by atoms with Crippen molar-refractivity contribution in [3.63, 3.8) is 0 Å². The predicted molar refractivity (Wildman–Crippen MR) is 71.4 cm³/mol. The number of nitrogens with one attached hydrogen (secondary N) is 1. The van der Waals surface area contributed by atoms with E-state index in [1.54, 1.807) is 30.4 Å². The number of benzene rings is 1. The summed E-state index contributed by atoms with van der Waals surface area (Å²) < 4.78 is 0. The van der Waals surface area contributed by atoms with Gasteiger partial charge in [0.15, 0.2) is 5.78 Å². The number of anilines is 2. The van der Waals surface area contributed by atoms with E-state index in [1.807, 2.05) is 17.1 Å². The maximum Gasteiger partial charge on any atom is 0.335 e. The summed E-state index contributed by atoms with van der Waals surface area (Å²) >= 11 is 0. The summed E-state index contributed by atoms with van der Waals surface area (Å²) in [7, 11) is 0. The van der Waals surface area contributed by atoms with Crippen molar-refractivity contribution in [2.75, 3.05) is 16.9 Å². The van der Waals surface area contributed by atoms with Gasteiger partial charge in [0.2, 0.25) is 0 Å². The van der Waals surface area contributed by atoms with Gasteiger partial charge in [-0.3, -0.25) is 4.79 Å². The summed E-state index contributed by atoms with van der Waals surface area (Å²) in [5.41, 5.74) is 1.83. The lowest BCUT2D eigenvalue weighted by Gasteiger charge is -2.25. The predicted octanol–water partition coefficient (Wildman–Crippen LogP) is 1.64. The molecular weight excluding hydrogens is 244 g/mol. The molecule has 0 amide bonds. The Morgan fingerprint density at radius 1 is 1.37 bits per heavy atom.